The van der Waals surface area contributed by atoms with Crippen LogP contribution >= 0.6 is 0 Å². The van der Waals surface area contributed by atoms with Gasteiger partial charge in [0.05, 0.1) is 11.1 Å². The highest BCUT2D eigenvalue weighted by Gasteiger charge is 2.36. The molecule has 96 valence electrons. The molecule has 0 nitrogen and oxygen atoms in total. The van der Waals surface area contributed by atoms with E-state index in [9.17, 15) is 22.0 Å². The molecular weight excluding hydrogens is 251 g/mol. The van der Waals surface area contributed by atoms with E-state index < -0.39 is 28.9 Å². The first-order chi connectivity index (χ1) is 8.23. The average Bonchev–Trinajstić information content (AvgIpc) is 3.05. The largest absolute Gasteiger partial charge is 0.416 e. The van der Waals surface area contributed by atoms with E-state index in [0.717, 1.165) is 6.07 Å². The fourth-order valence-corrected chi connectivity index (χ4v) is 1.68. The zero-order chi connectivity index (χ0) is 13.7. The molecule has 18 heavy (non-hydrogen) atoms. The van der Waals surface area contributed by atoms with Crippen molar-refractivity contribution in [3.63, 3.8) is 0 Å². The Bertz CT molecular complexity index is 564. The molecule has 0 aliphatic heterocycles. The number of hydrogen-bond donors (Lipinski definition) is 0. The molecule has 2 rings (SSSR count). The highest BCUT2D eigenvalue weighted by molar-refractivity contribution is 5.81. The van der Waals surface area contributed by atoms with Gasteiger partial charge in [0.2, 0.25) is 0 Å². The minimum atomic E-state index is -4.74. The average molecular weight is 260 g/mol. The van der Waals surface area contributed by atoms with E-state index in [1.165, 1.54) is 6.92 Å². The van der Waals surface area contributed by atoms with Crippen molar-refractivity contribution >= 4 is 11.1 Å². The number of benzene rings is 1. The van der Waals surface area contributed by atoms with Crippen molar-refractivity contribution in [1.82, 2.24) is 0 Å². The Morgan fingerprint density at radius 1 is 1.22 bits per heavy atom. The Hall–Kier alpha value is -1.65. The Kier molecular flexibility index (Phi) is 2.80. The van der Waals surface area contributed by atoms with Crippen molar-refractivity contribution in [3.05, 3.63) is 47.0 Å². The summed E-state index contributed by atoms with van der Waals surface area (Å²) in [7, 11) is 0. The van der Waals surface area contributed by atoms with Crippen molar-refractivity contribution in [2.45, 2.75) is 19.5 Å². The van der Waals surface area contributed by atoms with E-state index in [-0.39, 0.29) is 11.1 Å². The second kappa shape index (κ2) is 3.93. The third-order valence-electron chi connectivity index (χ3n) is 2.78. The number of halogens is 5. The van der Waals surface area contributed by atoms with Gasteiger partial charge in [0.15, 0.2) is 0 Å². The minimum absolute atomic E-state index is 0.0281. The van der Waals surface area contributed by atoms with Crippen LogP contribution in [0, 0.1) is 18.6 Å². The van der Waals surface area contributed by atoms with Crippen molar-refractivity contribution in [1.29, 1.82) is 0 Å². The van der Waals surface area contributed by atoms with Gasteiger partial charge in [-0.2, -0.15) is 13.2 Å². The van der Waals surface area contributed by atoms with Crippen molar-refractivity contribution < 1.29 is 22.0 Å². The molecule has 0 amide bonds. The zero-order valence-corrected chi connectivity index (χ0v) is 9.46. The van der Waals surface area contributed by atoms with E-state index in [4.69, 9.17) is 0 Å². The Morgan fingerprint density at radius 3 is 2.22 bits per heavy atom. The lowest BCUT2D eigenvalue weighted by molar-refractivity contribution is -0.0688. The molecule has 0 saturated carbocycles. The number of aryl methyl sites for hydroxylation is 1. The lowest BCUT2D eigenvalue weighted by Crippen LogP contribution is -2.12. The molecule has 1 aliphatic rings. The molecule has 0 spiro atoms. The monoisotopic (exact) mass is 260 g/mol. The maximum absolute atomic E-state index is 13.9. The summed E-state index contributed by atoms with van der Waals surface area (Å²) >= 11 is 0. The van der Waals surface area contributed by atoms with Crippen LogP contribution in [0.25, 0.3) is 11.1 Å². The smallest absolute Gasteiger partial charge is 0.206 e. The van der Waals surface area contributed by atoms with Crippen molar-refractivity contribution in [3.8, 4) is 0 Å². The summed E-state index contributed by atoms with van der Waals surface area (Å²) in [5.74, 6) is -2.00. The Labute approximate surface area is 100 Å². The Morgan fingerprint density at radius 2 is 1.78 bits per heavy atom. The molecule has 1 aromatic rings. The van der Waals surface area contributed by atoms with Gasteiger partial charge in [-0.15, -0.1) is 0 Å². The predicted molar refractivity (Wildman–Crippen MR) is 58.8 cm³/mol. The van der Waals surface area contributed by atoms with Gasteiger partial charge in [-0.05, 0) is 30.5 Å². The molecule has 5 heteroatoms. The fraction of sp³-hybridized carbons (Fsp3) is 0.231. The lowest BCUT2D eigenvalue weighted by atomic mass is 9.97. The molecule has 0 saturated heterocycles. The molecule has 0 bridgehead atoms. The van der Waals surface area contributed by atoms with E-state index in [2.05, 4.69) is 6.58 Å². The molecule has 0 heterocycles. The van der Waals surface area contributed by atoms with Crippen LogP contribution in [0.2, 0.25) is 0 Å². The number of alkyl halides is 3. The normalized spacial score (nSPS) is 14.4. The second-order valence-electron chi connectivity index (χ2n) is 4.15. The summed E-state index contributed by atoms with van der Waals surface area (Å²) in [6.07, 6.45) is -2.78. The van der Waals surface area contributed by atoms with Gasteiger partial charge in [0, 0.05) is 5.56 Å². The molecule has 0 aromatic heterocycles. The van der Waals surface area contributed by atoms with Crippen LogP contribution in [0.3, 0.4) is 0 Å². The van der Waals surface area contributed by atoms with Crippen LogP contribution in [0.4, 0.5) is 22.0 Å². The van der Waals surface area contributed by atoms with Gasteiger partial charge >= 0.3 is 6.18 Å². The first kappa shape index (κ1) is 12.8. The molecule has 1 aromatic carbocycles. The molecule has 0 N–H and O–H groups in total. The van der Waals surface area contributed by atoms with Gasteiger partial charge in [0.25, 0.3) is 0 Å². The van der Waals surface area contributed by atoms with Gasteiger partial charge < -0.3 is 0 Å². The van der Waals surface area contributed by atoms with E-state index in [1.54, 1.807) is 6.08 Å². The molecule has 1 aliphatic carbocycles. The second-order valence-corrected chi connectivity index (χ2v) is 4.15. The van der Waals surface area contributed by atoms with Crippen LogP contribution in [0.1, 0.15) is 23.1 Å². The highest BCUT2D eigenvalue weighted by Crippen LogP contribution is 2.41. The maximum Gasteiger partial charge on any atom is 0.416 e. The third-order valence-corrected chi connectivity index (χ3v) is 2.78. The number of hydrogen-bond acceptors (Lipinski definition) is 0. The SMILES string of the molecule is C=C(c1cc(C)c(F)c(C2=CC2)c1F)C(F)(F)F. The quantitative estimate of drug-likeness (QED) is 0.680. The van der Waals surface area contributed by atoms with Crippen LogP contribution in [0.15, 0.2) is 18.7 Å². The first-order valence-corrected chi connectivity index (χ1v) is 5.18. The van der Waals surface area contributed by atoms with Crippen LogP contribution in [-0.2, 0) is 0 Å². The first-order valence-electron chi connectivity index (χ1n) is 5.18. The molecule has 0 fully saturated rings. The number of allylic oxidation sites excluding steroid dienone is 3. The summed E-state index contributed by atoms with van der Waals surface area (Å²) in [4.78, 5) is 0. The predicted octanol–water partition coefficient (Wildman–Crippen LogP) is 4.64. The van der Waals surface area contributed by atoms with E-state index in [0.29, 0.717) is 12.0 Å². The molecular formula is C13H9F5. The lowest BCUT2D eigenvalue weighted by Gasteiger charge is -2.14. The molecule has 0 unspecified atom stereocenters. The van der Waals surface area contributed by atoms with Crippen LogP contribution < -0.4 is 0 Å². The Balaban J connectivity index is 2.63. The van der Waals surface area contributed by atoms with E-state index >= 15 is 0 Å². The summed E-state index contributed by atoms with van der Waals surface area (Å²) < 4.78 is 65.2. The summed E-state index contributed by atoms with van der Waals surface area (Å²) in [5, 5.41) is 0. The summed E-state index contributed by atoms with van der Waals surface area (Å²) in [5.41, 5.74) is -1.99. The molecule has 0 radical (unpaired) electrons. The number of rotatable bonds is 2. The maximum atomic E-state index is 13.9. The van der Waals surface area contributed by atoms with Gasteiger partial charge in [-0.25, -0.2) is 8.78 Å². The van der Waals surface area contributed by atoms with Crippen molar-refractivity contribution in [2.24, 2.45) is 0 Å². The third kappa shape index (κ3) is 2.05. The standard InChI is InChI=1S/C13H9F5/c1-6-5-9(7(2)13(16,17)18)12(15)10(11(6)14)8-3-4-8/h3,5H,2,4H2,1H3. The van der Waals surface area contributed by atoms with Gasteiger partial charge in [0.1, 0.15) is 11.6 Å². The topological polar surface area (TPSA) is 0 Å². The van der Waals surface area contributed by atoms with Gasteiger partial charge in [-0.3, -0.25) is 0 Å². The van der Waals surface area contributed by atoms with Crippen LogP contribution in [-0.4, -0.2) is 6.18 Å². The van der Waals surface area contributed by atoms with Crippen LogP contribution in [0.5, 0.6) is 0 Å². The highest BCUT2D eigenvalue weighted by atomic mass is 19.4. The fourth-order valence-electron chi connectivity index (χ4n) is 1.68. The van der Waals surface area contributed by atoms with Gasteiger partial charge in [-0.1, -0.05) is 12.7 Å². The van der Waals surface area contributed by atoms with E-state index in [1.807, 2.05) is 0 Å². The zero-order valence-electron chi connectivity index (χ0n) is 9.46. The summed E-state index contributed by atoms with van der Waals surface area (Å²) in [6, 6.07) is 0.840. The molecule has 0 atom stereocenters. The minimum Gasteiger partial charge on any atom is -0.206 e. The summed E-state index contributed by atoms with van der Waals surface area (Å²) in [6.45, 7) is 4.14. The van der Waals surface area contributed by atoms with Crippen molar-refractivity contribution in [2.75, 3.05) is 0 Å².